The van der Waals surface area contributed by atoms with Gasteiger partial charge >= 0.3 is 0 Å². The monoisotopic (exact) mass is 193 g/mol. The minimum Gasteiger partial charge on any atom is -0.492 e. The van der Waals surface area contributed by atoms with E-state index in [1.807, 2.05) is 18.3 Å². The van der Waals surface area contributed by atoms with E-state index in [0.29, 0.717) is 0 Å². The van der Waals surface area contributed by atoms with Crippen molar-refractivity contribution in [3.8, 4) is 5.75 Å². The Bertz CT molecular complexity index is 233. The minimum absolute atomic E-state index is 0.783. The Labute approximate surface area is 86.3 Å². The second kappa shape index (κ2) is 6.41. The molecule has 1 aromatic heterocycles. The number of rotatable bonds is 6. The van der Waals surface area contributed by atoms with Crippen molar-refractivity contribution in [2.45, 2.75) is 39.5 Å². The van der Waals surface area contributed by atoms with Crippen LogP contribution in [-0.2, 0) is 6.42 Å². The van der Waals surface area contributed by atoms with E-state index in [9.17, 15) is 0 Å². The van der Waals surface area contributed by atoms with Crippen LogP contribution in [0.2, 0.25) is 0 Å². The zero-order valence-electron chi connectivity index (χ0n) is 9.12. The number of aryl methyl sites for hydroxylation is 1. The van der Waals surface area contributed by atoms with Gasteiger partial charge < -0.3 is 4.74 Å². The lowest BCUT2D eigenvalue weighted by molar-refractivity contribution is 0.312. The smallest absolute Gasteiger partial charge is 0.140 e. The van der Waals surface area contributed by atoms with Crippen LogP contribution in [0.3, 0.4) is 0 Å². The number of aromatic nitrogens is 1. The summed E-state index contributed by atoms with van der Waals surface area (Å²) in [7, 11) is 0. The number of unbranched alkanes of at least 4 members (excludes halogenated alkanes) is 1. The van der Waals surface area contributed by atoms with E-state index in [-0.39, 0.29) is 0 Å². The molecule has 0 saturated heterocycles. The molecule has 0 aliphatic heterocycles. The SMILES string of the molecule is CCCCc1ncccc1OCCC. The van der Waals surface area contributed by atoms with Crippen molar-refractivity contribution in [2.75, 3.05) is 6.61 Å². The van der Waals surface area contributed by atoms with Crippen molar-refractivity contribution in [3.63, 3.8) is 0 Å². The van der Waals surface area contributed by atoms with Crippen LogP contribution in [0.5, 0.6) is 5.75 Å². The second-order valence-electron chi connectivity index (χ2n) is 3.40. The number of hydrogen-bond donors (Lipinski definition) is 0. The summed E-state index contributed by atoms with van der Waals surface area (Å²) in [6, 6.07) is 3.94. The molecule has 1 aromatic rings. The number of pyridine rings is 1. The van der Waals surface area contributed by atoms with Gasteiger partial charge in [0.1, 0.15) is 5.75 Å². The van der Waals surface area contributed by atoms with Crippen LogP contribution < -0.4 is 4.74 Å². The highest BCUT2D eigenvalue weighted by atomic mass is 16.5. The molecule has 0 amide bonds. The molecule has 0 atom stereocenters. The Morgan fingerprint density at radius 2 is 2.14 bits per heavy atom. The molecule has 0 bridgehead atoms. The van der Waals surface area contributed by atoms with E-state index in [1.54, 1.807) is 0 Å². The lowest BCUT2D eigenvalue weighted by atomic mass is 10.2. The maximum absolute atomic E-state index is 5.62. The van der Waals surface area contributed by atoms with E-state index in [2.05, 4.69) is 18.8 Å². The Morgan fingerprint density at radius 3 is 2.86 bits per heavy atom. The van der Waals surface area contributed by atoms with Gasteiger partial charge in [-0.3, -0.25) is 4.98 Å². The molecule has 0 N–H and O–H groups in total. The van der Waals surface area contributed by atoms with Crippen molar-refractivity contribution < 1.29 is 4.74 Å². The number of hydrogen-bond acceptors (Lipinski definition) is 2. The van der Waals surface area contributed by atoms with Crippen molar-refractivity contribution >= 4 is 0 Å². The van der Waals surface area contributed by atoms with E-state index >= 15 is 0 Å². The van der Waals surface area contributed by atoms with Gasteiger partial charge in [-0.2, -0.15) is 0 Å². The summed E-state index contributed by atoms with van der Waals surface area (Å²) >= 11 is 0. The largest absolute Gasteiger partial charge is 0.492 e. The summed E-state index contributed by atoms with van der Waals surface area (Å²) in [5.41, 5.74) is 1.10. The van der Waals surface area contributed by atoms with Gasteiger partial charge in [0.2, 0.25) is 0 Å². The normalized spacial score (nSPS) is 10.1. The van der Waals surface area contributed by atoms with Crippen LogP contribution in [0.1, 0.15) is 38.8 Å². The fourth-order valence-electron chi connectivity index (χ4n) is 1.30. The van der Waals surface area contributed by atoms with Gasteiger partial charge in [-0.25, -0.2) is 0 Å². The fraction of sp³-hybridized carbons (Fsp3) is 0.583. The van der Waals surface area contributed by atoms with Gasteiger partial charge in [-0.15, -0.1) is 0 Å². The molecule has 0 aliphatic rings. The molecule has 1 rings (SSSR count). The van der Waals surface area contributed by atoms with Gasteiger partial charge in [0.15, 0.2) is 0 Å². The molecule has 78 valence electrons. The first-order chi connectivity index (χ1) is 6.88. The Hall–Kier alpha value is -1.05. The first kappa shape index (κ1) is 11.0. The molecule has 0 spiro atoms. The lowest BCUT2D eigenvalue weighted by Gasteiger charge is -2.08. The molecule has 14 heavy (non-hydrogen) atoms. The van der Waals surface area contributed by atoms with E-state index in [0.717, 1.165) is 30.9 Å². The number of ether oxygens (including phenoxy) is 1. The average Bonchev–Trinajstić information content (AvgIpc) is 2.24. The molecular formula is C12H19NO. The highest BCUT2D eigenvalue weighted by Gasteiger charge is 2.02. The van der Waals surface area contributed by atoms with E-state index in [1.165, 1.54) is 12.8 Å². The topological polar surface area (TPSA) is 22.1 Å². The fourth-order valence-corrected chi connectivity index (χ4v) is 1.30. The average molecular weight is 193 g/mol. The van der Waals surface area contributed by atoms with Gasteiger partial charge in [0, 0.05) is 6.20 Å². The summed E-state index contributed by atoms with van der Waals surface area (Å²) in [6.45, 7) is 5.09. The Kier molecular flexibility index (Phi) is 5.05. The van der Waals surface area contributed by atoms with Crippen LogP contribution >= 0.6 is 0 Å². The highest BCUT2D eigenvalue weighted by Crippen LogP contribution is 2.17. The molecule has 2 heteroatoms. The third-order valence-electron chi connectivity index (χ3n) is 2.08. The van der Waals surface area contributed by atoms with Crippen LogP contribution in [-0.4, -0.2) is 11.6 Å². The van der Waals surface area contributed by atoms with Gasteiger partial charge in [0.25, 0.3) is 0 Å². The molecular weight excluding hydrogens is 174 g/mol. The first-order valence-corrected chi connectivity index (χ1v) is 5.45. The van der Waals surface area contributed by atoms with Gasteiger partial charge in [0.05, 0.1) is 12.3 Å². The molecule has 2 nitrogen and oxygen atoms in total. The summed E-state index contributed by atoms with van der Waals surface area (Å²) in [4.78, 5) is 4.34. The highest BCUT2D eigenvalue weighted by molar-refractivity contribution is 5.26. The molecule has 0 radical (unpaired) electrons. The molecule has 0 saturated carbocycles. The van der Waals surface area contributed by atoms with E-state index < -0.39 is 0 Å². The van der Waals surface area contributed by atoms with Crippen LogP contribution in [0.25, 0.3) is 0 Å². The maximum atomic E-state index is 5.62. The van der Waals surface area contributed by atoms with Gasteiger partial charge in [-0.05, 0) is 31.4 Å². The van der Waals surface area contributed by atoms with Crippen molar-refractivity contribution in [2.24, 2.45) is 0 Å². The lowest BCUT2D eigenvalue weighted by Crippen LogP contribution is -2.00. The summed E-state index contributed by atoms with van der Waals surface area (Å²) < 4.78 is 5.62. The Morgan fingerprint density at radius 1 is 1.29 bits per heavy atom. The zero-order valence-corrected chi connectivity index (χ0v) is 9.12. The maximum Gasteiger partial charge on any atom is 0.140 e. The standard InChI is InChI=1S/C12H19NO/c1-3-5-7-11-12(14-10-4-2)8-6-9-13-11/h6,8-9H,3-5,7,10H2,1-2H3. The number of nitrogens with zero attached hydrogens (tertiary/aromatic N) is 1. The Balaban J connectivity index is 2.60. The first-order valence-electron chi connectivity index (χ1n) is 5.45. The van der Waals surface area contributed by atoms with Crippen LogP contribution in [0, 0.1) is 0 Å². The second-order valence-corrected chi connectivity index (χ2v) is 3.40. The van der Waals surface area contributed by atoms with Crippen molar-refractivity contribution in [3.05, 3.63) is 24.0 Å². The molecule has 0 unspecified atom stereocenters. The third-order valence-corrected chi connectivity index (χ3v) is 2.08. The van der Waals surface area contributed by atoms with Crippen molar-refractivity contribution in [1.82, 2.24) is 4.98 Å². The van der Waals surface area contributed by atoms with E-state index in [4.69, 9.17) is 4.74 Å². The predicted octanol–water partition coefficient (Wildman–Crippen LogP) is 3.21. The zero-order chi connectivity index (χ0) is 10.2. The molecule has 0 fully saturated rings. The molecule has 1 heterocycles. The predicted molar refractivity (Wildman–Crippen MR) is 58.6 cm³/mol. The summed E-state index contributed by atoms with van der Waals surface area (Å²) in [5.74, 6) is 0.961. The molecule has 0 aliphatic carbocycles. The van der Waals surface area contributed by atoms with Crippen LogP contribution in [0.15, 0.2) is 18.3 Å². The minimum atomic E-state index is 0.783. The third kappa shape index (κ3) is 3.36. The van der Waals surface area contributed by atoms with Crippen molar-refractivity contribution in [1.29, 1.82) is 0 Å². The van der Waals surface area contributed by atoms with Gasteiger partial charge in [-0.1, -0.05) is 20.3 Å². The quantitative estimate of drug-likeness (QED) is 0.692. The van der Waals surface area contributed by atoms with Crippen LogP contribution in [0.4, 0.5) is 0 Å². The summed E-state index contributed by atoms with van der Waals surface area (Å²) in [6.07, 6.45) is 6.28. The summed E-state index contributed by atoms with van der Waals surface area (Å²) in [5, 5.41) is 0. The molecule has 0 aromatic carbocycles.